The summed E-state index contributed by atoms with van der Waals surface area (Å²) in [7, 11) is 0. The van der Waals surface area contributed by atoms with Crippen molar-refractivity contribution in [1.82, 2.24) is 0 Å². The normalized spacial score (nSPS) is 15.3. The summed E-state index contributed by atoms with van der Waals surface area (Å²) < 4.78 is 5.81. The van der Waals surface area contributed by atoms with Crippen LogP contribution in [0.4, 0.5) is 11.4 Å². The smallest absolute Gasteiger partial charge is 0.267 e. The number of nitrogens with one attached hydrogen (secondary N) is 1. The number of anilines is 2. The number of benzene rings is 3. The molecule has 1 N–H and O–H groups in total. The topological polar surface area (TPSA) is 58.6 Å². The van der Waals surface area contributed by atoms with Gasteiger partial charge in [0.2, 0.25) is 0 Å². The molecule has 0 bridgehead atoms. The zero-order chi connectivity index (χ0) is 21.1. The van der Waals surface area contributed by atoms with Crippen molar-refractivity contribution >= 4 is 34.8 Å². The second-order valence-corrected chi connectivity index (χ2v) is 7.57. The minimum absolute atomic E-state index is 0.0728. The Morgan fingerprint density at radius 1 is 1.07 bits per heavy atom. The van der Waals surface area contributed by atoms with E-state index >= 15 is 0 Å². The molecule has 1 aliphatic heterocycles. The lowest BCUT2D eigenvalue weighted by Crippen LogP contribution is -2.45. The molecule has 1 aliphatic rings. The van der Waals surface area contributed by atoms with Crippen molar-refractivity contribution in [1.29, 1.82) is 0 Å². The maximum absolute atomic E-state index is 12.7. The Hall–Kier alpha value is -3.31. The molecular formula is C24H21ClN2O3. The average molecular weight is 421 g/mol. The fourth-order valence-electron chi connectivity index (χ4n) is 3.41. The number of rotatable bonds is 5. The second-order valence-electron chi connectivity index (χ2n) is 7.13. The highest BCUT2D eigenvalue weighted by molar-refractivity contribution is 6.30. The number of amides is 2. The molecule has 3 aromatic carbocycles. The van der Waals surface area contributed by atoms with E-state index in [2.05, 4.69) is 5.32 Å². The van der Waals surface area contributed by atoms with Crippen molar-refractivity contribution < 1.29 is 14.3 Å². The predicted molar refractivity (Wildman–Crippen MR) is 118 cm³/mol. The Labute approximate surface area is 180 Å². The molecule has 0 aliphatic carbocycles. The van der Waals surface area contributed by atoms with Crippen molar-refractivity contribution in [2.24, 2.45) is 0 Å². The van der Waals surface area contributed by atoms with Gasteiger partial charge in [-0.15, -0.1) is 0 Å². The predicted octanol–water partition coefficient (Wildman–Crippen LogP) is 4.95. The van der Waals surface area contributed by atoms with E-state index in [0.717, 1.165) is 12.0 Å². The fraction of sp³-hybridized carbons (Fsp3) is 0.167. The van der Waals surface area contributed by atoms with E-state index in [9.17, 15) is 9.59 Å². The lowest BCUT2D eigenvalue weighted by Gasteiger charge is -2.33. The van der Waals surface area contributed by atoms with Crippen LogP contribution in [0.1, 0.15) is 22.8 Å². The van der Waals surface area contributed by atoms with Gasteiger partial charge in [-0.05, 0) is 55.3 Å². The van der Waals surface area contributed by atoms with Crippen LogP contribution < -0.4 is 15.0 Å². The van der Waals surface area contributed by atoms with Crippen LogP contribution in [0.3, 0.4) is 0 Å². The third-order valence-electron chi connectivity index (χ3n) is 5.00. The Morgan fingerprint density at radius 3 is 2.53 bits per heavy atom. The van der Waals surface area contributed by atoms with Gasteiger partial charge >= 0.3 is 0 Å². The highest BCUT2D eigenvalue weighted by Gasteiger charge is 2.31. The first-order chi connectivity index (χ1) is 14.5. The number of carbonyl (C=O) groups is 2. The maximum atomic E-state index is 12.7. The summed E-state index contributed by atoms with van der Waals surface area (Å²) in [6.45, 7) is 2.29. The van der Waals surface area contributed by atoms with E-state index in [1.165, 1.54) is 0 Å². The first-order valence-corrected chi connectivity index (χ1v) is 10.1. The van der Waals surface area contributed by atoms with Crippen LogP contribution in [-0.2, 0) is 11.2 Å². The third-order valence-corrected chi connectivity index (χ3v) is 5.25. The van der Waals surface area contributed by atoms with Gasteiger partial charge in [0.25, 0.3) is 11.8 Å². The van der Waals surface area contributed by atoms with Gasteiger partial charge in [-0.1, -0.05) is 41.9 Å². The molecule has 6 heteroatoms. The lowest BCUT2D eigenvalue weighted by atomic mass is 10.1. The van der Waals surface area contributed by atoms with E-state index in [0.29, 0.717) is 34.3 Å². The minimum atomic E-state index is -0.588. The molecule has 0 spiro atoms. The van der Waals surface area contributed by atoms with Gasteiger partial charge in [0.05, 0.1) is 5.69 Å². The first-order valence-electron chi connectivity index (χ1n) is 9.74. The van der Waals surface area contributed by atoms with Crippen LogP contribution >= 0.6 is 11.6 Å². The van der Waals surface area contributed by atoms with Crippen molar-refractivity contribution in [3.8, 4) is 5.75 Å². The molecule has 30 heavy (non-hydrogen) atoms. The second kappa shape index (κ2) is 8.59. The summed E-state index contributed by atoms with van der Waals surface area (Å²) in [6, 6.07) is 22.0. The molecule has 1 heterocycles. The van der Waals surface area contributed by atoms with Gasteiger partial charge in [-0.2, -0.15) is 0 Å². The SMILES string of the molecule is CC1Oc2cc(NC(=O)c3ccc(Cl)cc3)ccc2N(CCc2ccccc2)C1=O. The summed E-state index contributed by atoms with van der Waals surface area (Å²) >= 11 is 5.88. The number of hydrogen-bond acceptors (Lipinski definition) is 3. The molecule has 0 fully saturated rings. The number of hydrogen-bond donors (Lipinski definition) is 1. The molecule has 0 saturated carbocycles. The lowest BCUT2D eigenvalue weighted by molar-refractivity contribution is -0.125. The van der Waals surface area contributed by atoms with Crippen LogP contribution in [-0.4, -0.2) is 24.5 Å². The Bertz CT molecular complexity index is 1070. The standard InChI is InChI=1S/C24H21ClN2O3/c1-16-24(29)27(14-13-17-5-3-2-4-6-17)21-12-11-20(15-22(21)30-16)26-23(28)18-7-9-19(25)10-8-18/h2-12,15-16H,13-14H2,1H3,(H,26,28). The summed E-state index contributed by atoms with van der Waals surface area (Å²) in [4.78, 5) is 26.9. The van der Waals surface area contributed by atoms with E-state index in [1.54, 1.807) is 48.2 Å². The summed E-state index contributed by atoms with van der Waals surface area (Å²) in [5.41, 5.74) is 2.97. The summed E-state index contributed by atoms with van der Waals surface area (Å²) in [5, 5.41) is 3.43. The first kappa shape index (κ1) is 20.0. The fourth-order valence-corrected chi connectivity index (χ4v) is 3.54. The molecule has 0 aromatic heterocycles. The number of fused-ring (bicyclic) bond motifs is 1. The van der Waals surface area contributed by atoms with E-state index in [1.807, 2.05) is 36.4 Å². The third kappa shape index (κ3) is 4.31. The Kier molecular flexibility index (Phi) is 5.72. The highest BCUT2D eigenvalue weighted by atomic mass is 35.5. The van der Waals surface area contributed by atoms with Crippen LogP contribution in [0.25, 0.3) is 0 Å². The molecule has 4 rings (SSSR count). The van der Waals surface area contributed by atoms with Crippen molar-refractivity contribution in [2.45, 2.75) is 19.4 Å². The van der Waals surface area contributed by atoms with Crippen molar-refractivity contribution in [3.05, 3.63) is 88.9 Å². The molecular weight excluding hydrogens is 400 g/mol. The molecule has 1 atom stereocenters. The highest BCUT2D eigenvalue weighted by Crippen LogP contribution is 2.36. The van der Waals surface area contributed by atoms with E-state index in [-0.39, 0.29) is 11.8 Å². The van der Waals surface area contributed by atoms with Crippen LogP contribution in [0.15, 0.2) is 72.8 Å². The minimum Gasteiger partial charge on any atom is -0.479 e. The van der Waals surface area contributed by atoms with E-state index < -0.39 is 6.10 Å². The molecule has 2 amide bonds. The van der Waals surface area contributed by atoms with Gasteiger partial charge < -0.3 is 15.0 Å². The molecule has 0 saturated heterocycles. The molecule has 0 radical (unpaired) electrons. The van der Waals surface area contributed by atoms with Crippen LogP contribution in [0.5, 0.6) is 5.75 Å². The summed E-state index contributed by atoms with van der Waals surface area (Å²) in [6.07, 6.45) is 0.156. The Morgan fingerprint density at radius 2 is 1.80 bits per heavy atom. The number of halogens is 1. The number of carbonyl (C=O) groups excluding carboxylic acids is 2. The zero-order valence-electron chi connectivity index (χ0n) is 16.5. The number of ether oxygens (including phenoxy) is 1. The van der Waals surface area contributed by atoms with Gasteiger partial charge in [0, 0.05) is 28.9 Å². The monoisotopic (exact) mass is 420 g/mol. The molecule has 3 aromatic rings. The van der Waals surface area contributed by atoms with Gasteiger partial charge in [-0.25, -0.2) is 0 Å². The van der Waals surface area contributed by atoms with Crippen molar-refractivity contribution in [2.75, 3.05) is 16.8 Å². The maximum Gasteiger partial charge on any atom is 0.267 e. The van der Waals surface area contributed by atoms with E-state index in [4.69, 9.17) is 16.3 Å². The molecule has 5 nitrogen and oxygen atoms in total. The van der Waals surface area contributed by atoms with Gasteiger partial charge in [0.15, 0.2) is 6.10 Å². The summed E-state index contributed by atoms with van der Waals surface area (Å²) in [5.74, 6) is 0.257. The zero-order valence-corrected chi connectivity index (χ0v) is 17.2. The molecule has 1 unspecified atom stereocenters. The molecule has 152 valence electrons. The van der Waals surface area contributed by atoms with Gasteiger partial charge in [-0.3, -0.25) is 9.59 Å². The largest absolute Gasteiger partial charge is 0.479 e. The van der Waals surface area contributed by atoms with Crippen LogP contribution in [0, 0.1) is 0 Å². The number of nitrogens with zero attached hydrogens (tertiary/aromatic N) is 1. The quantitative estimate of drug-likeness (QED) is 0.635. The van der Waals surface area contributed by atoms with Crippen molar-refractivity contribution in [3.63, 3.8) is 0 Å². The van der Waals surface area contributed by atoms with Crippen LogP contribution in [0.2, 0.25) is 5.02 Å². The van der Waals surface area contributed by atoms with Gasteiger partial charge in [0.1, 0.15) is 5.75 Å². The average Bonchev–Trinajstić information content (AvgIpc) is 2.75. The Balaban J connectivity index is 1.53.